The molecule has 2 unspecified atom stereocenters. The lowest BCUT2D eigenvalue weighted by Gasteiger charge is -2.27. The van der Waals surface area contributed by atoms with Crippen molar-refractivity contribution < 1.29 is 18.8 Å². The normalized spacial score (nSPS) is 24.2. The Hall–Kier alpha value is -2.44. The van der Waals surface area contributed by atoms with Gasteiger partial charge in [0.05, 0.1) is 6.61 Å². The molecule has 0 N–H and O–H groups in total. The van der Waals surface area contributed by atoms with Gasteiger partial charge in [0.25, 0.3) is 12.0 Å². The van der Waals surface area contributed by atoms with E-state index in [-0.39, 0.29) is 5.75 Å². The van der Waals surface area contributed by atoms with E-state index in [1.807, 2.05) is 0 Å². The van der Waals surface area contributed by atoms with Crippen molar-refractivity contribution in [2.45, 2.75) is 25.0 Å². The Bertz CT molecular complexity index is 629. The molecule has 0 bridgehead atoms. The van der Waals surface area contributed by atoms with Crippen molar-refractivity contribution in [1.82, 2.24) is 4.98 Å². The van der Waals surface area contributed by atoms with E-state index in [4.69, 9.17) is 9.47 Å². The molecule has 0 amide bonds. The Labute approximate surface area is 120 Å². The number of halogens is 1. The first kappa shape index (κ1) is 13.5. The van der Waals surface area contributed by atoms with Gasteiger partial charge in [-0.3, -0.25) is 10.1 Å². The van der Waals surface area contributed by atoms with E-state index in [0.717, 1.165) is 18.4 Å². The fourth-order valence-electron chi connectivity index (χ4n) is 2.42. The molecule has 1 aliphatic carbocycles. The molecule has 21 heavy (non-hydrogen) atoms. The summed E-state index contributed by atoms with van der Waals surface area (Å²) in [5.41, 5.74) is 0.869. The lowest BCUT2D eigenvalue weighted by Crippen LogP contribution is -2.38. The van der Waals surface area contributed by atoms with Crippen molar-refractivity contribution in [3.8, 4) is 5.75 Å². The summed E-state index contributed by atoms with van der Waals surface area (Å²) in [6.45, 7) is 0.552. The topological polar surface area (TPSA) is 74.5 Å². The predicted octanol–water partition coefficient (Wildman–Crippen LogP) is 2.25. The van der Waals surface area contributed by atoms with Gasteiger partial charge < -0.3 is 9.47 Å². The number of ether oxygens (including phenoxy) is 2. The molecule has 0 radical (unpaired) electrons. The summed E-state index contributed by atoms with van der Waals surface area (Å²) in [4.78, 5) is 14.2. The van der Waals surface area contributed by atoms with Crippen molar-refractivity contribution in [3.63, 3.8) is 0 Å². The molecule has 0 saturated carbocycles. The summed E-state index contributed by atoms with van der Waals surface area (Å²) in [6, 6.07) is 1.80. The molecule has 110 valence electrons. The highest BCUT2D eigenvalue weighted by Crippen LogP contribution is 2.31. The maximum Gasteiger partial charge on any atom is 0.274 e. The van der Waals surface area contributed by atoms with E-state index in [0.29, 0.717) is 12.4 Å². The van der Waals surface area contributed by atoms with Crippen LogP contribution in [-0.4, -0.2) is 28.7 Å². The smallest absolute Gasteiger partial charge is 0.274 e. The summed E-state index contributed by atoms with van der Waals surface area (Å²) >= 11 is 0. The molecule has 1 saturated heterocycles. The second-order valence-corrected chi connectivity index (χ2v) is 4.83. The third-order valence-corrected chi connectivity index (χ3v) is 3.42. The van der Waals surface area contributed by atoms with Gasteiger partial charge in [-0.25, -0.2) is 4.98 Å². The first-order chi connectivity index (χ1) is 10.1. The van der Waals surface area contributed by atoms with Crippen LogP contribution < -0.4 is 4.74 Å². The molecule has 3 rings (SSSR count). The lowest BCUT2D eigenvalue weighted by atomic mass is 9.94. The highest BCUT2D eigenvalue weighted by atomic mass is 19.1. The Kier molecular flexibility index (Phi) is 3.55. The number of pyridine rings is 1. The van der Waals surface area contributed by atoms with Gasteiger partial charge in [-0.2, -0.15) is 4.39 Å². The number of nitro groups is 1. The van der Waals surface area contributed by atoms with Crippen molar-refractivity contribution in [1.29, 1.82) is 0 Å². The van der Waals surface area contributed by atoms with Crippen LogP contribution in [0.25, 0.3) is 0 Å². The van der Waals surface area contributed by atoms with Gasteiger partial charge in [0.2, 0.25) is 0 Å². The molecule has 2 atom stereocenters. The predicted molar refractivity (Wildman–Crippen MR) is 70.7 cm³/mol. The van der Waals surface area contributed by atoms with E-state index in [2.05, 4.69) is 4.98 Å². The minimum Gasteiger partial charge on any atom is -0.493 e. The van der Waals surface area contributed by atoms with Crippen LogP contribution in [0.5, 0.6) is 5.75 Å². The van der Waals surface area contributed by atoms with Gasteiger partial charge in [-0.1, -0.05) is 0 Å². The van der Waals surface area contributed by atoms with Crippen molar-refractivity contribution in [2.75, 3.05) is 6.61 Å². The third-order valence-electron chi connectivity index (χ3n) is 3.42. The van der Waals surface area contributed by atoms with E-state index >= 15 is 0 Å². The number of fused-ring (bicyclic) bond motifs is 1. The van der Waals surface area contributed by atoms with Crippen LogP contribution in [0.1, 0.15) is 12.8 Å². The van der Waals surface area contributed by atoms with Crippen LogP contribution in [0.2, 0.25) is 0 Å². The fraction of sp³-hybridized carbons (Fsp3) is 0.357. The second kappa shape index (κ2) is 5.51. The highest BCUT2D eigenvalue weighted by molar-refractivity contribution is 5.35. The molecular weight excluding hydrogens is 279 g/mol. The lowest BCUT2D eigenvalue weighted by molar-refractivity contribution is -0.517. The van der Waals surface area contributed by atoms with E-state index < -0.39 is 23.0 Å². The molecule has 0 spiro atoms. The summed E-state index contributed by atoms with van der Waals surface area (Å²) in [5.74, 6) is -0.345. The van der Waals surface area contributed by atoms with Crippen LogP contribution in [-0.2, 0) is 4.74 Å². The summed E-state index contributed by atoms with van der Waals surface area (Å²) in [7, 11) is 0. The molecule has 2 aliphatic rings. The number of hydrogen-bond donors (Lipinski definition) is 0. The minimum atomic E-state index is -1.11. The average Bonchev–Trinajstić information content (AvgIpc) is 2.48. The molecule has 1 fully saturated rings. The molecule has 2 heterocycles. The van der Waals surface area contributed by atoms with Gasteiger partial charge >= 0.3 is 0 Å². The monoisotopic (exact) mass is 292 g/mol. The molecule has 7 heteroatoms. The van der Waals surface area contributed by atoms with E-state index in [1.165, 1.54) is 24.4 Å². The number of allylic oxidation sites excluding steroid dienone is 1. The largest absolute Gasteiger partial charge is 0.493 e. The quantitative estimate of drug-likeness (QED) is 0.485. The Morgan fingerprint density at radius 1 is 1.48 bits per heavy atom. The van der Waals surface area contributed by atoms with Crippen molar-refractivity contribution in [3.05, 3.63) is 57.9 Å². The average molecular weight is 292 g/mol. The van der Waals surface area contributed by atoms with Gasteiger partial charge in [-0.15, -0.1) is 0 Å². The third kappa shape index (κ3) is 2.72. The number of nitrogens with zero attached hydrogens (tertiary/aromatic N) is 2. The van der Waals surface area contributed by atoms with E-state index in [1.54, 1.807) is 6.08 Å². The molecule has 1 aromatic heterocycles. The van der Waals surface area contributed by atoms with Gasteiger partial charge in [0, 0.05) is 17.2 Å². The van der Waals surface area contributed by atoms with Crippen molar-refractivity contribution in [2.24, 2.45) is 0 Å². The fourth-order valence-corrected chi connectivity index (χ4v) is 2.42. The second-order valence-electron chi connectivity index (χ2n) is 4.83. The van der Waals surface area contributed by atoms with Crippen LogP contribution in [0.4, 0.5) is 4.39 Å². The Morgan fingerprint density at radius 3 is 3.10 bits per heavy atom. The maximum absolute atomic E-state index is 13.5. The highest BCUT2D eigenvalue weighted by Gasteiger charge is 2.36. The minimum absolute atomic E-state index is 0.0974. The zero-order chi connectivity index (χ0) is 14.8. The molecule has 0 aromatic carbocycles. The molecule has 1 aromatic rings. The zero-order valence-electron chi connectivity index (χ0n) is 11.1. The van der Waals surface area contributed by atoms with E-state index in [9.17, 15) is 14.5 Å². The zero-order valence-corrected chi connectivity index (χ0v) is 11.1. The molecular formula is C14H13FN2O4. The Balaban J connectivity index is 1.89. The summed E-state index contributed by atoms with van der Waals surface area (Å²) in [6.07, 6.45) is 5.12. The molecule has 1 aliphatic heterocycles. The number of hydrogen-bond acceptors (Lipinski definition) is 5. The van der Waals surface area contributed by atoms with Crippen LogP contribution >= 0.6 is 0 Å². The Morgan fingerprint density at radius 2 is 2.33 bits per heavy atom. The van der Waals surface area contributed by atoms with Crippen LogP contribution in [0.3, 0.4) is 0 Å². The summed E-state index contributed by atoms with van der Waals surface area (Å²) in [5, 5.41) is 11.2. The first-order valence-corrected chi connectivity index (χ1v) is 6.61. The van der Waals surface area contributed by atoms with Crippen LogP contribution in [0, 0.1) is 16.1 Å². The van der Waals surface area contributed by atoms with Gasteiger partial charge in [0.1, 0.15) is 5.76 Å². The first-order valence-electron chi connectivity index (χ1n) is 6.61. The SMILES string of the molecule is O=[N+]([O-])C1C=C2OCCCC2=CC1Oc1cccnc1F. The summed E-state index contributed by atoms with van der Waals surface area (Å²) < 4.78 is 24.4. The van der Waals surface area contributed by atoms with Gasteiger partial charge in [0.15, 0.2) is 11.9 Å². The van der Waals surface area contributed by atoms with Gasteiger partial charge in [-0.05, 0) is 36.6 Å². The van der Waals surface area contributed by atoms with Crippen molar-refractivity contribution >= 4 is 0 Å². The number of rotatable bonds is 3. The maximum atomic E-state index is 13.5. The molecule has 6 nitrogen and oxygen atoms in total. The number of aromatic nitrogens is 1. The standard InChI is InChI=1S/C14H13FN2O4/c15-14-11(4-1-5-16-14)21-13-7-9-3-2-6-20-12(9)8-10(13)17(18)19/h1,4-5,7-8,10,13H,2-3,6H2. The van der Waals surface area contributed by atoms with Crippen LogP contribution in [0.15, 0.2) is 41.8 Å².